The van der Waals surface area contributed by atoms with Gasteiger partial charge in [0, 0.05) is 18.3 Å². The smallest absolute Gasteiger partial charge is 0.197 e. The summed E-state index contributed by atoms with van der Waals surface area (Å²) in [4.78, 5) is 11.5. The van der Waals surface area contributed by atoms with Gasteiger partial charge in [-0.15, -0.1) is 11.3 Å². The van der Waals surface area contributed by atoms with Crippen LogP contribution < -0.4 is 5.32 Å². The summed E-state index contributed by atoms with van der Waals surface area (Å²) < 4.78 is 0. The van der Waals surface area contributed by atoms with E-state index in [1.165, 1.54) is 17.4 Å². The van der Waals surface area contributed by atoms with E-state index in [1.54, 1.807) is 12.1 Å². The maximum atomic E-state index is 11.7. The van der Waals surface area contributed by atoms with E-state index >= 15 is 0 Å². The fourth-order valence-corrected chi connectivity index (χ4v) is 1.94. The van der Waals surface area contributed by atoms with Crippen LogP contribution in [0.2, 0.25) is 0 Å². The van der Waals surface area contributed by atoms with Crippen LogP contribution in [0.4, 0.5) is 0 Å². The monoisotopic (exact) mass is 279 g/mol. The molecule has 1 aromatic heterocycles. The number of allylic oxidation sites excluding steroid dienone is 2. The summed E-state index contributed by atoms with van der Waals surface area (Å²) >= 11 is 12.7. The average Bonchev–Trinajstić information content (AvgIpc) is 2.76. The van der Waals surface area contributed by atoms with Crippen molar-refractivity contribution in [1.82, 2.24) is 5.32 Å². The number of carbonyl (C=O) groups excluding carboxylic acids is 1. The molecule has 0 bridgehead atoms. The molecule has 0 amide bonds. The third kappa shape index (κ3) is 4.14. The number of halogens is 2. The molecule has 0 saturated carbocycles. The Labute approximate surface area is 108 Å². The van der Waals surface area contributed by atoms with Gasteiger partial charge < -0.3 is 10.4 Å². The molecule has 0 aliphatic carbocycles. The normalized spacial score (nSPS) is 11.9. The minimum atomic E-state index is -0.810. The fourth-order valence-electron chi connectivity index (χ4n) is 1.02. The van der Waals surface area contributed by atoms with Gasteiger partial charge in [-0.25, -0.2) is 0 Å². The molecular weight excluding hydrogens is 269 g/mol. The quantitative estimate of drug-likeness (QED) is 0.477. The van der Waals surface area contributed by atoms with E-state index in [9.17, 15) is 4.79 Å². The van der Waals surface area contributed by atoms with E-state index in [4.69, 9.17) is 28.3 Å². The van der Waals surface area contributed by atoms with Crippen LogP contribution in [0.25, 0.3) is 0 Å². The highest BCUT2D eigenvalue weighted by Crippen LogP contribution is 2.15. The molecule has 0 aliphatic rings. The van der Waals surface area contributed by atoms with Crippen LogP contribution in [0.15, 0.2) is 29.3 Å². The molecule has 88 valence electrons. The summed E-state index contributed by atoms with van der Waals surface area (Å²) in [5.74, 6) is -0.151. The first kappa shape index (κ1) is 13.5. The van der Waals surface area contributed by atoms with Crippen LogP contribution in [-0.4, -0.2) is 28.9 Å². The molecule has 0 atom stereocenters. The molecule has 0 spiro atoms. The molecule has 2 N–H and O–H groups in total. The number of nitrogens with one attached hydrogen (secondary N) is 1. The van der Waals surface area contributed by atoms with Gasteiger partial charge in [0.2, 0.25) is 0 Å². The van der Waals surface area contributed by atoms with Crippen molar-refractivity contribution in [1.29, 1.82) is 0 Å². The standard InChI is InChI=1S/C10H11Cl2NO2S/c11-10(12)7(13-3-4-14)6-8(15)9-2-1-5-16-9/h1-2,5-6,10,13-14H,3-4H2. The van der Waals surface area contributed by atoms with Gasteiger partial charge in [-0.05, 0) is 11.4 Å². The SMILES string of the molecule is O=C(C=C(NCCO)C(Cl)Cl)c1cccs1. The maximum Gasteiger partial charge on any atom is 0.197 e. The zero-order chi connectivity index (χ0) is 12.0. The molecular formula is C10H11Cl2NO2S. The lowest BCUT2D eigenvalue weighted by Gasteiger charge is -2.09. The predicted molar refractivity (Wildman–Crippen MR) is 67.3 cm³/mol. The Morgan fingerprint density at radius 2 is 2.38 bits per heavy atom. The summed E-state index contributed by atoms with van der Waals surface area (Å²) in [7, 11) is 0. The summed E-state index contributed by atoms with van der Waals surface area (Å²) in [5.41, 5.74) is 0.399. The van der Waals surface area contributed by atoms with Gasteiger partial charge in [-0.1, -0.05) is 29.3 Å². The number of aliphatic hydroxyl groups excluding tert-OH is 1. The zero-order valence-corrected chi connectivity index (χ0v) is 10.6. The van der Waals surface area contributed by atoms with Crippen molar-refractivity contribution >= 4 is 40.3 Å². The van der Waals surface area contributed by atoms with Crippen LogP contribution in [0.5, 0.6) is 0 Å². The Morgan fingerprint density at radius 3 is 2.88 bits per heavy atom. The predicted octanol–water partition coefficient (Wildman–Crippen LogP) is 2.20. The second kappa shape index (κ2) is 6.91. The van der Waals surface area contributed by atoms with Crippen LogP contribution in [-0.2, 0) is 0 Å². The van der Waals surface area contributed by atoms with Crippen molar-refractivity contribution in [2.24, 2.45) is 0 Å². The average molecular weight is 280 g/mol. The van der Waals surface area contributed by atoms with E-state index in [-0.39, 0.29) is 12.4 Å². The first-order valence-electron chi connectivity index (χ1n) is 4.57. The third-order valence-corrected chi connectivity index (χ3v) is 3.08. The zero-order valence-electron chi connectivity index (χ0n) is 8.32. The highest BCUT2D eigenvalue weighted by Gasteiger charge is 2.11. The molecule has 16 heavy (non-hydrogen) atoms. The largest absolute Gasteiger partial charge is 0.395 e. The Kier molecular flexibility index (Phi) is 5.84. The second-order valence-corrected chi connectivity index (χ2v) is 4.94. The second-order valence-electron chi connectivity index (χ2n) is 2.89. The summed E-state index contributed by atoms with van der Waals surface area (Å²) in [6.45, 7) is 0.254. The number of alkyl halides is 2. The molecule has 0 radical (unpaired) electrons. The minimum absolute atomic E-state index is 0.0506. The molecule has 0 unspecified atom stereocenters. The first-order valence-corrected chi connectivity index (χ1v) is 6.32. The fraction of sp³-hybridized carbons (Fsp3) is 0.300. The molecule has 6 heteroatoms. The Bertz CT molecular complexity index is 363. The van der Waals surface area contributed by atoms with E-state index < -0.39 is 4.84 Å². The van der Waals surface area contributed by atoms with Crippen LogP contribution in [0, 0.1) is 0 Å². The molecule has 1 rings (SSSR count). The number of aliphatic hydroxyl groups is 1. The minimum Gasteiger partial charge on any atom is -0.395 e. The van der Waals surface area contributed by atoms with E-state index in [0.717, 1.165) is 0 Å². The lowest BCUT2D eigenvalue weighted by atomic mass is 10.2. The number of ketones is 1. The number of carbonyl (C=O) groups is 1. The van der Waals surface area contributed by atoms with Gasteiger partial charge in [0.1, 0.15) is 4.84 Å². The van der Waals surface area contributed by atoms with Crippen molar-refractivity contribution in [2.75, 3.05) is 13.2 Å². The van der Waals surface area contributed by atoms with Crippen molar-refractivity contribution < 1.29 is 9.90 Å². The van der Waals surface area contributed by atoms with Gasteiger partial charge in [0.05, 0.1) is 11.5 Å². The molecule has 1 aromatic rings. The molecule has 0 aromatic carbocycles. The Hall–Kier alpha value is -0.550. The van der Waals surface area contributed by atoms with E-state index in [0.29, 0.717) is 17.1 Å². The third-order valence-electron chi connectivity index (χ3n) is 1.73. The van der Waals surface area contributed by atoms with Gasteiger partial charge in [-0.2, -0.15) is 0 Å². The highest BCUT2D eigenvalue weighted by atomic mass is 35.5. The first-order chi connectivity index (χ1) is 7.65. The van der Waals surface area contributed by atoms with Crippen LogP contribution in [0.3, 0.4) is 0 Å². The topological polar surface area (TPSA) is 49.3 Å². The van der Waals surface area contributed by atoms with Gasteiger partial charge >= 0.3 is 0 Å². The Morgan fingerprint density at radius 1 is 1.62 bits per heavy atom. The molecule has 0 aliphatic heterocycles. The van der Waals surface area contributed by atoms with Crippen molar-refractivity contribution in [3.8, 4) is 0 Å². The number of rotatable bonds is 6. The van der Waals surface area contributed by atoms with Crippen LogP contribution >= 0.6 is 34.5 Å². The highest BCUT2D eigenvalue weighted by molar-refractivity contribution is 7.12. The van der Waals surface area contributed by atoms with Crippen molar-refractivity contribution in [2.45, 2.75) is 4.84 Å². The summed E-state index contributed by atoms with van der Waals surface area (Å²) in [6, 6.07) is 3.52. The Balaban J connectivity index is 2.73. The van der Waals surface area contributed by atoms with E-state index in [1.807, 2.05) is 5.38 Å². The van der Waals surface area contributed by atoms with E-state index in [2.05, 4.69) is 5.32 Å². The molecule has 0 fully saturated rings. The molecule has 1 heterocycles. The van der Waals surface area contributed by atoms with Gasteiger partial charge in [-0.3, -0.25) is 4.79 Å². The lowest BCUT2D eigenvalue weighted by Crippen LogP contribution is -2.22. The number of thiophene rings is 1. The summed E-state index contributed by atoms with van der Waals surface area (Å²) in [6.07, 6.45) is 1.35. The van der Waals surface area contributed by atoms with Crippen molar-refractivity contribution in [3.05, 3.63) is 34.2 Å². The number of hydrogen-bond acceptors (Lipinski definition) is 4. The summed E-state index contributed by atoms with van der Waals surface area (Å²) in [5, 5.41) is 13.3. The lowest BCUT2D eigenvalue weighted by molar-refractivity contribution is 0.104. The van der Waals surface area contributed by atoms with Gasteiger partial charge in [0.15, 0.2) is 5.78 Å². The number of hydrogen-bond donors (Lipinski definition) is 2. The van der Waals surface area contributed by atoms with Gasteiger partial charge in [0.25, 0.3) is 0 Å². The van der Waals surface area contributed by atoms with Crippen LogP contribution in [0.1, 0.15) is 9.67 Å². The molecule has 0 saturated heterocycles. The molecule has 3 nitrogen and oxygen atoms in total. The maximum absolute atomic E-state index is 11.7. The van der Waals surface area contributed by atoms with Crippen molar-refractivity contribution in [3.63, 3.8) is 0 Å².